The van der Waals surface area contributed by atoms with E-state index in [9.17, 15) is 4.79 Å². The van der Waals surface area contributed by atoms with Gasteiger partial charge >= 0.3 is 5.91 Å². The fraction of sp³-hybridized carbons (Fsp3) is 0.263. The molecule has 0 bridgehead atoms. The van der Waals surface area contributed by atoms with Gasteiger partial charge in [0.15, 0.2) is 0 Å². The Morgan fingerprint density at radius 3 is 2.58 bits per heavy atom. The van der Waals surface area contributed by atoms with E-state index in [1.54, 1.807) is 17.3 Å². The van der Waals surface area contributed by atoms with Crippen LogP contribution in [-0.2, 0) is 6.42 Å². The van der Waals surface area contributed by atoms with Crippen molar-refractivity contribution in [1.82, 2.24) is 19.9 Å². The highest BCUT2D eigenvalue weighted by Gasteiger charge is 2.25. The van der Waals surface area contributed by atoms with E-state index in [-0.39, 0.29) is 11.8 Å². The summed E-state index contributed by atoms with van der Waals surface area (Å²) in [4.78, 5) is 28.9. The Morgan fingerprint density at radius 1 is 1.04 bits per heavy atom. The van der Waals surface area contributed by atoms with Gasteiger partial charge in [-0.15, -0.1) is 0 Å². The summed E-state index contributed by atoms with van der Waals surface area (Å²) in [6.45, 7) is 2.67. The molecule has 1 amide bonds. The maximum absolute atomic E-state index is 12.6. The van der Waals surface area contributed by atoms with Gasteiger partial charge in [0.2, 0.25) is 0 Å². The van der Waals surface area contributed by atoms with Gasteiger partial charge in [-0.05, 0) is 11.6 Å². The summed E-state index contributed by atoms with van der Waals surface area (Å²) in [7, 11) is 0. The molecule has 1 aromatic carbocycles. The van der Waals surface area contributed by atoms with Crippen molar-refractivity contribution in [3.8, 4) is 0 Å². The number of benzene rings is 1. The van der Waals surface area contributed by atoms with Gasteiger partial charge in [0.05, 0.1) is 6.20 Å². The maximum Gasteiger partial charge on any atom is 0.309 e. The van der Waals surface area contributed by atoms with Crippen LogP contribution in [0.4, 0.5) is 5.82 Å². The van der Waals surface area contributed by atoms with Gasteiger partial charge in [-0.2, -0.15) is 0 Å². The third kappa shape index (κ3) is 3.56. The topological polar surface area (TPSA) is 75.4 Å². The second kappa shape index (κ2) is 7.35. The first-order valence-corrected chi connectivity index (χ1v) is 8.58. The van der Waals surface area contributed by atoms with Crippen LogP contribution in [0.1, 0.15) is 22.0 Å². The minimum Gasteiger partial charge on any atom is -0.437 e. The predicted molar refractivity (Wildman–Crippen MR) is 95.9 cm³/mol. The van der Waals surface area contributed by atoms with E-state index in [4.69, 9.17) is 4.42 Å². The minimum absolute atomic E-state index is 0.159. The second-order valence-electron chi connectivity index (χ2n) is 6.14. The molecule has 0 radical (unpaired) electrons. The zero-order chi connectivity index (χ0) is 17.8. The molecule has 0 saturated carbocycles. The molecule has 0 atom stereocenters. The van der Waals surface area contributed by atoms with Crippen molar-refractivity contribution in [2.45, 2.75) is 6.42 Å². The highest BCUT2D eigenvalue weighted by Crippen LogP contribution is 2.15. The summed E-state index contributed by atoms with van der Waals surface area (Å²) in [5.41, 5.74) is 1.13. The van der Waals surface area contributed by atoms with Crippen LogP contribution in [0.2, 0.25) is 0 Å². The molecule has 4 rings (SSSR count). The Balaban J connectivity index is 1.37. The number of hydrogen-bond donors (Lipinski definition) is 0. The van der Waals surface area contributed by atoms with Gasteiger partial charge in [0.1, 0.15) is 17.9 Å². The number of piperazine rings is 1. The number of rotatable bonds is 4. The normalized spacial score (nSPS) is 14.5. The number of aromatic nitrogens is 3. The molecule has 1 aliphatic heterocycles. The lowest BCUT2D eigenvalue weighted by atomic mass is 10.1. The molecule has 132 valence electrons. The van der Waals surface area contributed by atoms with Crippen molar-refractivity contribution in [3.05, 3.63) is 72.3 Å². The summed E-state index contributed by atoms with van der Waals surface area (Å²) in [5.74, 6) is 1.57. The van der Waals surface area contributed by atoms with Crippen molar-refractivity contribution in [2.75, 3.05) is 31.1 Å². The number of hydrogen-bond acceptors (Lipinski definition) is 6. The van der Waals surface area contributed by atoms with E-state index >= 15 is 0 Å². The fourth-order valence-electron chi connectivity index (χ4n) is 3.03. The summed E-state index contributed by atoms with van der Waals surface area (Å²) in [6, 6.07) is 11.9. The Kier molecular flexibility index (Phi) is 4.59. The second-order valence-corrected chi connectivity index (χ2v) is 6.14. The lowest BCUT2D eigenvalue weighted by Gasteiger charge is -2.34. The van der Waals surface area contributed by atoms with Crippen molar-refractivity contribution in [2.24, 2.45) is 0 Å². The Hall–Kier alpha value is -3.22. The first-order valence-electron chi connectivity index (χ1n) is 8.58. The van der Waals surface area contributed by atoms with Crippen LogP contribution in [0.5, 0.6) is 0 Å². The molecule has 0 unspecified atom stereocenters. The molecule has 26 heavy (non-hydrogen) atoms. The molecule has 7 heteroatoms. The van der Waals surface area contributed by atoms with Crippen LogP contribution < -0.4 is 4.90 Å². The zero-order valence-corrected chi connectivity index (χ0v) is 14.3. The standard InChI is InChI=1S/C19H19N5O2/c25-19(18-21-13-16(26-18)12-15-4-2-1-3-5-15)24-10-8-23(9-11-24)17-6-7-20-14-22-17/h1-7,13-14H,8-12H2. The van der Waals surface area contributed by atoms with Gasteiger partial charge in [0, 0.05) is 38.8 Å². The third-order valence-corrected chi connectivity index (χ3v) is 4.41. The van der Waals surface area contributed by atoms with E-state index in [2.05, 4.69) is 19.9 Å². The van der Waals surface area contributed by atoms with E-state index in [1.165, 1.54) is 6.33 Å². The van der Waals surface area contributed by atoms with Crippen molar-refractivity contribution >= 4 is 11.7 Å². The average Bonchev–Trinajstić information content (AvgIpc) is 3.17. The maximum atomic E-state index is 12.6. The Labute approximate surface area is 151 Å². The number of carbonyl (C=O) groups excluding carboxylic acids is 1. The summed E-state index contributed by atoms with van der Waals surface area (Å²) >= 11 is 0. The molecule has 3 aromatic rings. The minimum atomic E-state index is -0.161. The van der Waals surface area contributed by atoms with Gasteiger partial charge in [0.25, 0.3) is 5.89 Å². The van der Waals surface area contributed by atoms with Crippen molar-refractivity contribution < 1.29 is 9.21 Å². The van der Waals surface area contributed by atoms with Gasteiger partial charge in [-0.25, -0.2) is 15.0 Å². The number of nitrogens with zero attached hydrogens (tertiary/aromatic N) is 5. The van der Waals surface area contributed by atoms with E-state index in [0.29, 0.717) is 25.3 Å². The Bertz CT molecular complexity index is 858. The molecule has 1 aliphatic rings. The number of amides is 1. The molecule has 0 aliphatic carbocycles. The first-order chi connectivity index (χ1) is 12.8. The average molecular weight is 349 g/mol. The van der Waals surface area contributed by atoms with Crippen LogP contribution >= 0.6 is 0 Å². The fourth-order valence-corrected chi connectivity index (χ4v) is 3.03. The van der Waals surface area contributed by atoms with Gasteiger partial charge < -0.3 is 14.2 Å². The summed E-state index contributed by atoms with van der Waals surface area (Å²) in [6.07, 6.45) is 5.52. The highest BCUT2D eigenvalue weighted by atomic mass is 16.4. The molecule has 1 saturated heterocycles. The molecular weight excluding hydrogens is 330 g/mol. The molecule has 0 spiro atoms. The van der Waals surface area contributed by atoms with Crippen LogP contribution in [0.15, 0.2) is 59.5 Å². The predicted octanol–water partition coefficient (Wildman–Crippen LogP) is 2.02. The van der Waals surface area contributed by atoms with Crippen LogP contribution in [-0.4, -0.2) is 51.9 Å². The van der Waals surface area contributed by atoms with Crippen LogP contribution in [0.3, 0.4) is 0 Å². The largest absolute Gasteiger partial charge is 0.437 e. The smallest absolute Gasteiger partial charge is 0.309 e. The monoisotopic (exact) mass is 349 g/mol. The zero-order valence-electron chi connectivity index (χ0n) is 14.3. The van der Waals surface area contributed by atoms with Crippen molar-refractivity contribution in [1.29, 1.82) is 0 Å². The first kappa shape index (κ1) is 16.3. The third-order valence-electron chi connectivity index (χ3n) is 4.41. The van der Waals surface area contributed by atoms with Crippen LogP contribution in [0, 0.1) is 0 Å². The van der Waals surface area contributed by atoms with Crippen LogP contribution in [0.25, 0.3) is 0 Å². The van der Waals surface area contributed by atoms with Crippen molar-refractivity contribution in [3.63, 3.8) is 0 Å². The number of anilines is 1. The molecule has 3 heterocycles. The van der Waals surface area contributed by atoms with Gasteiger partial charge in [-0.1, -0.05) is 30.3 Å². The molecule has 1 fully saturated rings. The lowest BCUT2D eigenvalue weighted by molar-refractivity contribution is 0.0704. The summed E-state index contributed by atoms with van der Waals surface area (Å²) in [5, 5.41) is 0. The lowest BCUT2D eigenvalue weighted by Crippen LogP contribution is -2.49. The molecule has 2 aromatic heterocycles. The Morgan fingerprint density at radius 2 is 1.85 bits per heavy atom. The van der Waals surface area contributed by atoms with Gasteiger partial charge in [-0.3, -0.25) is 4.79 Å². The van der Waals surface area contributed by atoms with E-state index in [1.807, 2.05) is 36.4 Å². The van der Waals surface area contributed by atoms with E-state index < -0.39 is 0 Å². The molecular formula is C19H19N5O2. The highest BCUT2D eigenvalue weighted by molar-refractivity contribution is 5.89. The molecule has 7 nitrogen and oxygen atoms in total. The van der Waals surface area contributed by atoms with E-state index in [0.717, 1.165) is 24.5 Å². The molecule has 0 N–H and O–H groups in total. The number of carbonyl (C=O) groups is 1. The SMILES string of the molecule is O=C(c1ncc(Cc2ccccc2)o1)N1CCN(c2ccncn2)CC1. The summed E-state index contributed by atoms with van der Waals surface area (Å²) < 4.78 is 5.68. The number of oxazole rings is 1. The quantitative estimate of drug-likeness (QED) is 0.717.